The normalized spacial score (nSPS) is 17.3. The smallest absolute Gasteiger partial charge is 0.191 e. The van der Waals surface area contributed by atoms with Crippen LogP contribution in [0.5, 0.6) is 0 Å². The lowest BCUT2D eigenvalue weighted by Crippen LogP contribution is -2.21. The maximum Gasteiger partial charge on any atom is 0.191 e. The molecular weight excluding hydrogens is 262 g/mol. The number of hydrogen-bond acceptors (Lipinski definition) is 5. The summed E-state index contributed by atoms with van der Waals surface area (Å²) >= 11 is 1.57. The molecule has 1 aliphatic heterocycles. The van der Waals surface area contributed by atoms with E-state index >= 15 is 0 Å². The first kappa shape index (κ1) is 14.8. The molecule has 0 fully saturated rings. The Morgan fingerprint density at radius 1 is 1.32 bits per heavy atom. The first-order chi connectivity index (χ1) is 9.16. The van der Waals surface area contributed by atoms with E-state index in [4.69, 9.17) is 4.74 Å². The Hall–Kier alpha value is -0.590. The molecule has 0 radical (unpaired) electrons. The highest BCUT2D eigenvalue weighted by Gasteiger charge is 2.16. The van der Waals surface area contributed by atoms with Crippen LogP contribution in [0.25, 0.3) is 0 Å². The molecule has 2 rings (SSSR count). The van der Waals surface area contributed by atoms with Crippen molar-refractivity contribution in [1.82, 2.24) is 14.8 Å². The first-order valence-corrected chi connectivity index (χ1v) is 8.00. The summed E-state index contributed by atoms with van der Waals surface area (Å²) in [5.74, 6) is 1.69. The third-order valence-electron chi connectivity index (χ3n) is 3.10. The van der Waals surface area contributed by atoms with Crippen molar-refractivity contribution in [2.45, 2.75) is 63.4 Å². The molecule has 0 saturated carbocycles. The van der Waals surface area contributed by atoms with E-state index < -0.39 is 6.10 Å². The first-order valence-electron chi connectivity index (χ1n) is 7.01. The number of hydrogen-bond donors (Lipinski definition) is 1. The van der Waals surface area contributed by atoms with E-state index in [1.54, 1.807) is 11.8 Å². The number of aromatic nitrogens is 3. The number of aryl methyl sites for hydroxylation is 1. The molecule has 0 saturated heterocycles. The fourth-order valence-corrected chi connectivity index (χ4v) is 2.98. The van der Waals surface area contributed by atoms with Gasteiger partial charge in [-0.3, -0.25) is 0 Å². The number of fused-ring (bicyclic) bond motifs is 1. The topological polar surface area (TPSA) is 60.2 Å². The third-order valence-corrected chi connectivity index (χ3v) is 4.21. The molecule has 1 N–H and O–H groups in total. The Morgan fingerprint density at radius 2 is 2.16 bits per heavy atom. The highest BCUT2D eigenvalue weighted by atomic mass is 32.2. The van der Waals surface area contributed by atoms with Crippen LogP contribution < -0.4 is 0 Å². The van der Waals surface area contributed by atoms with E-state index in [9.17, 15) is 5.11 Å². The molecule has 1 aromatic rings. The monoisotopic (exact) mass is 285 g/mol. The van der Waals surface area contributed by atoms with E-state index in [-0.39, 0.29) is 6.10 Å². The highest BCUT2D eigenvalue weighted by Crippen LogP contribution is 2.22. The molecule has 0 amide bonds. The fraction of sp³-hybridized carbons (Fsp3) is 0.846. The molecule has 0 bridgehead atoms. The Balaban J connectivity index is 1.84. The second-order valence-corrected chi connectivity index (χ2v) is 6.20. The van der Waals surface area contributed by atoms with Crippen molar-refractivity contribution < 1.29 is 9.84 Å². The molecule has 1 unspecified atom stereocenters. The van der Waals surface area contributed by atoms with Crippen LogP contribution in [0, 0.1) is 0 Å². The largest absolute Gasteiger partial charge is 0.390 e. The predicted molar refractivity (Wildman–Crippen MR) is 75.4 cm³/mol. The maximum atomic E-state index is 9.85. The van der Waals surface area contributed by atoms with Gasteiger partial charge in [-0.2, -0.15) is 0 Å². The van der Waals surface area contributed by atoms with Crippen molar-refractivity contribution in [3.8, 4) is 0 Å². The molecule has 2 heterocycles. The standard InChI is InChI=1S/C13H23N3O2S/c1-10(2)18-8-11(17)9-19-13-15-14-12-6-4-3-5-7-16(12)13/h10-11,17H,3-9H2,1-2H3. The van der Waals surface area contributed by atoms with E-state index in [0.717, 1.165) is 23.9 Å². The Morgan fingerprint density at radius 3 is 2.95 bits per heavy atom. The summed E-state index contributed by atoms with van der Waals surface area (Å²) in [6.45, 7) is 5.32. The number of ether oxygens (including phenoxy) is 1. The predicted octanol–water partition coefficient (Wildman–Crippen LogP) is 1.88. The maximum absolute atomic E-state index is 9.85. The minimum atomic E-state index is -0.453. The van der Waals surface area contributed by atoms with Gasteiger partial charge in [0, 0.05) is 18.7 Å². The SMILES string of the molecule is CC(C)OCC(O)CSc1nnc2n1CCCCC2. The van der Waals surface area contributed by atoms with Crippen molar-refractivity contribution in [2.75, 3.05) is 12.4 Å². The van der Waals surface area contributed by atoms with Crippen LogP contribution in [0.1, 0.15) is 38.9 Å². The van der Waals surface area contributed by atoms with Crippen LogP contribution in [0.3, 0.4) is 0 Å². The average Bonchev–Trinajstić information content (AvgIpc) is 2.61. The molecule has 1 aromatic heterocycles. The van der Waals surface area contributed by atoms with Crippen LogP contribution in [-0.2, 0) is 17.7 Å². The molecule has 0 aromatic carbocycles. The lowest BCUT2D eigenvalue weighted by atomic mass is 10.2. The number of aliphatic hydroxyl groups is 1. The average molecular weight is 285 g/mol. The van der Waals surface area contributed by atoms with Crippen LogP contribution in [0.4, 0.5) is 0 Å². The summed E-state index contributed by atoms with van der Waals surface area (Å²) in [6, 6.07) is 0. The van der Waals surface area contributed by atoms with Crippen LogP contribution >= 0.6 is 11.8 Å². The Bertz CT molecular complexity index is 395. The number of aliphatic hydroxyl groups excluding tert-OH is 1. The van der Waals surface area contributed by atoms with Gasteiger partial charge in [-0.25, -0.2) is 0 Å². The third kappa shape index (κ3) is 4.47. The number of nitrogens with zero attached hydrogens (tertiary/aromatic N) is 3. The van der Waals surface area contributed by atoms with Gasteiger partial charge in [-0.05, 0) is 26.7 Å². The van der Waals surface area contributed by atoms with E-state index in [1.165, 1.54) is 19.3 Å². The molecule has 5 nitrogen and oxygen atoms in total. The van der Waals surface area contributed by atoms with Gasteiger partial charge in [0.2, 0.25) is 0 Å². The molecule has 19 heavy (non-hydrogen) atoms. The molecule has 1 aliphatic rings. The van der Waals surface area contributed by atoms with Gasteiger partial charge in [0.05, 0.1) is 18.8 Å². The minimum Gasteiger partial charge on any atom is -0.390 e. The Kier molecular flexibility index (Phi) is 5.66. The molecule has 108 valence electrons. The van der Waals surface area contributed by atoms with Crippen molar-refractivity contribution in [3.63, 3.8) is 0 Å². The van der Waals surface area contributed by atoms with E-state index in [1.807, 2.05) is 13.8 Å². The lowest BCUT2D eigenvalue weighted by Gasteiger charge is -2.13. The number of rotatable bonds is 6. The van der Waals surface area contributed by atoms with E-state index in [2.05, 4.69) is 14.8 Å². The second kappa shape index (κ2) is 7.26. The fourth-order valence-electron chi connectivity index (χ4n) is 2.09. The lowest BCUT2D eigenvalue weighted by molar-refractivity contribution is 0.0152. The van der Waals surface area contributed by atoms with Crippen molar-refractivity contribution in [2.24, 2.45) is 0 Å². The molecule has 1 atom stereocenters. The van der Waals surface area contributed by atoms with Crippen LogP contribution in [-0.4, -0.2) is 44.4 Å². The van der Waals surface area contributed by atoms with Crippen LogP contribution in [0.2, 0.25) is 0 Å². The van der Waals surface area contributed by atoms with Crippen LogP contribution in [0.15, 0.2) is 5.16 Å². The minimum absolute atomic E-state index is 0.156. The second-order valence-electron chi connectivity index (χ2n) is 5.21. The molecular formula is C13H23N3O2S. The molecule has 0 spiro atoms. The molecule has 0 aliphatic carbocycles. The van der Waals surface area contributed by atoms with Gasteiger partial charge in [0.25, 0.3) is 0 Å². The summed E-state index contributed by atoms with van der Waals surface area (Å²) < 4.78 is 7.60. The summed E-state index contributed by atoms with van der Waals surface area (Å²) in [5, 5.41) is 19.3. The van der Waals surface area contributed by atoms with Gasteiger partial charge in [-0.1, -0.05) is 18.2 Å². The zero-order chi connectivity index (χ0) is 13.7. The zero-order valence-electron chi connectivity index (χ0n) is 11.7. The highest BCUT2D eigenvalue weighted by molar-refractivity contribution is 7.99. The zero-order valence-corrected chi connectivity index (χ0v) is 12.5. The van der Waals surface area contributed by atoms with Gasteiger partial charge in [0.15, 0.2) is 5.16 Å². The summed E-state index contributed by atoms with van der Waals surface area (Å²) in [7, 11) is 0. The van der Waals surface area contributed by atoms with Crippen molar-refractivity contribution in [1.29, 1.82) is 0 Å². The summed E-state index contributed by atoms with van der Waals surface area (Å²) in [6.07, 6.45) is 4.38. The van der Waals surface area contributed by atoms with E-state index in [0.29, 0.717) is 12.4 Å². The van der Waals surface area contributed by atoms with Crippen molar-refractivity contribution >= 4 is 11.8 Å². The van der Waals surface area contributed by atoms with Gasteiger partial charge >= 0.3 is 0 Å². The summed E-state index contributed by atoms with van der Waals surface area (Å²) in [5.41, 5.74) is 0. The summed E-state index contributed by atoms with van der Waals surface area (Å²) in [4.78, 5) is 0. The number of thioether (sulfide) groups is 1. The van der Waals surface area contributed by atoms with Gasteiger partial charge in [-0.15, -0.1) is 10.2 Å². The van der Waals surface area contributed by atoms with Gasteiger partial charge in [0.1, 0.15) is 5.82 Å². The molecule has 6 heteroatoms. The quantitative estimate of drug-likeness (QED) is 0.809. The van der Waals surface area contributed by atoms with Gasteiger partial charge < -0.3 is 14.4 Å². The van der Waals surface area contributed by atoms with Crippen molar-refractivity contribution in [3.05, 3.63) is 5.82 Å². The Labute approximate surface area is 118 Å².